The second kappa shape index (κ2) is 4.13. The Morgan fingerprint density at radius 2 is 2.29 bits per heavy atom. The Bertz CT molecular complexity index is 345. The molecule has 14 heavy (non-hydrogen) atoms. The van der Waals surface area contributed by atoms with Crippen LogP contribution < -0.4 is 5.32 Å². The van der Waals surface area contributed by atoms with E-state index in [1.807, 2.05) is 18.2 Å². The van der Waals surface area contributed by atoms with Crippen LogP contribution in [0.5, 0.6) is 0 Å². The van der Waals surface area contributed by atoms with Gasteiger partial charge in [0.25, 0.3) is 0 Å². The highest BCUT2D eigenvalue weighted by molar-refractivity contribution is 9.10. The van der Waals surface area contributed by atoms with E-state index in [1.54, 1.807) is 0 Å². The van der Waals surface area contributed by atoms with E-state index < -0.39 is 0 Å². The third-order valence-corrected chi connectivity index (χ3v) is 2.94. The van der Waals surface area contributed by atoms with Gasteiger partial charge in [0.15, 0.2) is 0 Å². The molecule has 0 aliphatic heterocycles. The smallest absolute Gasteiger partial charge is 0.0440 e. The first-order chi connectivity index (χ1) is 6.79. The molecule has 0 atom stereocenters. The van der Waals surface area contributed by atoms with Crippen molar-refractivity contribution in [2.24, 2.45) is 5.92 Å². The summed E-state index contributed by atoms with van der Waals surface area (Å²) in [5, 5.41) is 10.7. The maximum atomic E-state index is 7.28. The van der Waals surface area contributed by atoms with Crippen LogP contribution in [0.25, 0.3) is 0 Å². The molecule has 74 valence electrons. The Kier molecular flexibility index (Phi) is 2.87. The number of halogens is 1. The second-order valence-corrected chi connectivity index (χ2v) is 4.62. The fourth-order valence-corrected chi connectivity index (χ4v) is 1.74. The van der Waals surface area contributed by atoms with Gasteiger partial charge in [0.1, 0.15) is 0 Å². The summed E-state index contributed by atoms with van der Waals surface area (Å²) in [5.41, 5.74) is 2.01. The molecule has 3 heteroatoms. The quantitative estimate of drug-likeness (QED) is 0.794. The molecule has 2 rings (SSSR count). The number of hydrogen-bond donors (Lipinski definition) is 2. The van der Waals surface area contributed by atoms with Crippen LogP contribution in [0, 0.1) is 11.3 Å². The fourth-order valence-electron chi connectivity index (χ4n) is 1.38. The molecule has 0 unspecified atom stereocenters. The van der Waals surface area contributed by atoms with Gasteiger partial charge in [0.2, 0.25) is 0 Å². The van der Waals surface area contributed by atoms with Gasteiger partial charge in [-0.15, -0.1) is 0 Å². The van der Waals surface area contributed by atoms with Crippen LogP contribution in [0.2, 0.25) is 0 Å². The van der Waals surface area contributed by atoms with E-state index in [-0.39, 0.29) is 0 Å². The minimum atomic E-state index is 0.854. The molecule has 0 spiro atoms. The fraction of sp³-hybridized carbons (Fsp3) is 0.364. The van der Waals surface area contributed by atoms with Crippen molar-refractivity contribution in [3.63, 3.8) is 0 Å². The maximum Gasteiger partial charge on any atom is 0.0440 e. The largest absolute Gasteiger partial charge is 0.384 e. The molecule has 0 amide bonds. The van der Waals surface area contributed by atoms with Gasteiger partial charge in [-0.1, -0.05) is 22.0 Å². The minimum Gasteiger partial charge on any atom is -0.384 e. The van der Waals surface area contributed by atoms with Gasteiger partial charge >= 0.3 is 0 Å². The average molecular weight is 253 g/mol. The predicted octanol–water partition coefficient (Wildman–Crippen LogP) is 3.27. The van der Waals surface area contributed by atoms with E-state index in [4.69, 9.17) is 5.41 Å². The van der Waals surface area contributed by atoms with Crippen molar-refractivity contribution in [1.82, 2.24) is 0 Å². The van der Waals surface area contributed by atoms with Crippen LogP contribution in [0.15, 0.2) is 22.7 Å². The first-order valence-electron chi connectivity index (χ1n) is 4.83. The molecular formula is C11H13BrN2. The van der Waals surface area contributed by atoms with Crippen LogP contribution in [0.3, 0.4) is 0 Å². The zero-order chi connectivity index (χ0) is 9.97. The predicted molar refractivity (Wildman–Crippen MR) is 63.2 cm³/mol. The SMILES string of the molecule is N=Cc1ccc(Br)cc1NCC1CC1. The van der Waals surface area contributed by atoms with Crippen LogP contribution in [0.1, 0.15) is 18.4 Å². The summed E-state index contributed by atoms with van der Waals surface area (Å²) in [6.07, 6.45) is 4.09. The van der Waals surface area contributed by atoms with Gasteiger partial charge in [0.05, 0.1) is 0 Å². The number of benzene rings is 1. The maximum absolute atomic E-state index is 7.28. The average Bonchev–Trinajstić information content (AvgIpc) is 2.98. The van der Waals surface area contributed by atoms with Crippen LogP contribution in [0.4, 0.5) is 5.69 Å². The van der Waals surface area contributed by atoms with Gasteiger partial charge < -0.3 is 10.7 Å². The highest BCUT2D eigenvalue weighted by atomic mass is 79.9. The van der Waals surface area contributed by atoms with Crippen molar-refractivity contribution < 1.29 is 0 Å². The number of anilines is 1. The Morgan fingerprint density at radius 3 is 2.93 bits per heavy atom. The van der Waals surface area contributed by atoms with E-state index in [9.17, 15) is 0 Å². The standard InChI is InChI=1S/C11H13BrN2/c12-10-4-3-9(6-13)11(5-10)14-7-8-1-2-8/h3-6,8,13-14H,1-2,7H2. The van der Waals surface area contributed by atoms with Crippen molar-refractivity contribution in [1.29, 1.82) is 5.41 Å². The first-order valence-corrected chi connectivity index (χ1v) is 5.63. The Morgan fingerprint density at radius 1 is 1.50 bits per heavy atom. The third kappa shape index (κ3) is 2.35. The molecule has 0 saturated heterocycles. The van der Waals surface area contributed by atoms with Crippen molar-refractivity contribution in [3.05, 3.63) is 28.2 Å². The van der Waals surface area contributed by atoms with Crippen molar-refractivity contribution in [2.75, 3.05) is 11.9 Å². The topological polar surface area (TPSA) is 35.9 Å². The normalized spacial score (nSPS) is 15.2. The third-order valence-electron chi connectivity index (χ3n) is 2.45. The van der Waals surface area contributed by atoms with E-state index in [0.717, 1.165) is 28.2 Å². The molecule has 0 aromatic heterocycles. The molecule has 1 aromatic rings. The Labute approximate surface area is 92.4 Å². The van der Waals surface area contributed by atoms with E-state index in [0.29, 0.717) is 0 Å². The minimum absolute atomic E-state index is 0.854. The van der Waals surface area contributed by atoms with Crippen LogP contribution >= 0.6 is 15.9 Å². The van der Waals surface area contributed by atoms with Gasteiger partial charge in [0, 0.05) is 28.5 Å². The molecule has 0 radical (unpaired) electrons. The highest BCUT2D eigenvalue weighted by Crippen LogP contribution is 2.29. The van der Waals surface area contributed by atoms with Gasteiger partial charge in [-0.3, -0.25) is 0 Å². The van der Waals surface area contributed by atoms with Crippen LogP contribution in [-0.4, -0.2) is 12.8 Å². The lowest BCUT2D eigenvalue weighted by molar-refractivity contribution is 0.889. The van der Waals surface area contributed by atoms with E-state index in [1.165, 1.54) is 19.1 Å². The molecule has 1 aliphatic carbocycles. The number of rotatable bonds is 4. The summed E-state index contributed by atoms with van der Waals surface area (Å²) < 4.78 is 1.06. The zero-order valence-corrected chi connectivity index (χ0v) is 9.47. The number of nitrogens with one attached hydrogen (secondary N) is 2. The molecular weight excluding hydrogens is 240 g/mol. The van der Waals surface area contributed by atoms with Gasteiger partial charge in [-0.25, -0.2) is 0 Å². The summed E-state index contributed by atoms with van der Waals surface area (Å²) >= 11 is 3.43. The molecule has 1 fully saturated rings. The van der Waals surface area contributed by atoms with Crippen LogP contribution in [-0.2, 0) is 0 Å². The molecule has 2 N–H and O–H groups in total. The Balaban J connectivity index is 2.11. The van der Waals surface area contributed by atoms with Crippen molar-refractivity contribution in [3.8, 4) is 0 Å². The van der Waals surface area contributed by atoms with E-state index >= 15 is 0 Å². The Hall–Kier alpha value is -0.830. The van der Waals surface area contributed by atoms with Gasteiger partial charge in [-0.05, 0) is 30.9 Å². The molecule has 0 heterocycles. The van der Waals surface area contributed by atoms with Crippen molar-refractivity contribution in [2.45, 2.75) is 12.8 Å². The van der Waals surface area contributed by atoms with Crippen molar-refractivity contribution >= 4 is 27.8 Å². The molecule has 2 nitrogen and oxygen atoms in total. The molecule has 1 aliphatic rings. The lowest BCUT2D eigenvalue weighted by Crippen LogP contribution is -2.05. The highest BCUT2D eigenvalue weighted by Gasteiger charge is 2.20. The van der Waals surface area contributed by atoms with Gasteiger partial charge in [-0.2, -0.15) is 0 Å². The molecule has 0 bridgehead atoms. The monoisotopic (exact) mass is 252 g/mol. The number of hydrogen-bond acceptors (Lipinski definition) is 2. The summed E-state index contributed by atoms with van der Waals surface area (Å²) in [5.74, 6) is 0.854. The first kappa shape index (κ1) is 9.71. The molecule has 1 aromatic carbocycles. The summed E-state index contributed by atoms with van der Waals surface area (Å²) in [4.78, 5) is 0. The second-order valence-electron chi connectivity index (χ2n) is 3.70. The zero-order valence-electron chi connectivity index (χ0n) is 7.89. The summed E-state index contributed by atoms with van der Waals surface area (Å²) in [6.45, 7) is 1.04. The summed E-state index contributed by atoms with van der Waals surface area (Å²) in [6, 6.07) is 5.94. The molecule has 1 saturated carbocycles. The lowest BCUT2D eigenvalue weighted by atomic mass is 10.2. The lowest BCUT2D eigenvalue weighted by Gasteiger charge is -2.08. The van der Waals surface area contributed by atoms with E-state index in [2.05, 4.69) is 21.2 Å². The summed E-state index contributed by atoms with van der Waals surface area (Å²) in [7, 11) is 0.